The Labute approximate surface area is 209 Å². The largest absolute Gasteiger partial charge is 0.343 e. The molecule has 0 fully saturated rings. The summed E-state index contributed by atoms with van der Waals surface area (Å²) in [7, 11) is -1.34. The standard InChI is InChI=1S/C18H19ClN2O3S.C9H12/c1-12(13(2)22)21-18(23)15-5-3-14(4-6-15)11-20-25(24)17-9-7-16(19)8-10-17;1-2-6-9-7-4-3-5-8-9/h3-10,12,20H,11H2,1-2H3,(H,21,23);3-5,7-8H,2,6H2,1H3. The highest BCUT2D eigenvalue weighted by atomic mass is 35.5. The molecule has 0 radical (unpaired) electrons. The highest BCUT2D eigenvalue weighted by Crippen LogP contribution is 2.12. The fourth-order valence-electron chi connectivity index (χ4n) is 2.88. The molecule has 0 aliphatic carbocycles. The van der Waals surface area contributed by atoms with Crippen LogP contribution in [0.3, 0.4) is 0 Å². The third kappa shape index (κ3) is 9.59. The molecule has 2 N–H and O–H groups in total. The van der Waals surface area contributed by atoms with Gasteiger partial charge in [-0.2, -0.15) is 0 Å². The summed E-state index contributed by atoms with van der Waals surface area (Å²) in [5, 5.41) is 3.22. The third-order valence-corrected chi connectivity index (χ3v) is 6.35. The number of rotatable bonds is 9. The molecule has 0 aliphatic rings. The molecule has 5 nitrogen and oxygen atoms in total. The van der Waals surface area contributed by atoms with Gasteiger partial charge in [0.25, 0.3) is 5.91 Å². The van der Waals surface area contributed by atoms with Crippen molar-refractivity contribution < 1.29 is 13.8 Å². The van der Waals surface area contributed by atoms with Gasteiger partial charge in [-0.1, -0.05) is 67.4 Å². The molecule has 7 heteroatoms. The van der Waals surface area contributed by atoms with Crippen LogP contribution in [0, 0.1) is 0 Å². The lowest BCUT2D eigenvalue weighted by Gasteiger charge is -2.11. The number of ketones is 1. The Morgan fingerprint density at radius 1 is 0.912 bits per heavy atom. The molecule has 0 heterocycles. The van der Waals surface area contributed by atoms with Crippen molar-refractivity contribution in [2.75, 3.05) is 0 Å². The molecule has 2 unspecified atom stereocenters. The first-order valence-corrected chi connectivity index (χ1v) is 12.7. The van der Waals surface area contributed by atoms with E-state index in [1.807, 2.05) is 0 Å². The molecular weight excluding hydrogens is 468 g/mol. The fourth-order valence-corrected chi connectivity index (χ4v) is 3.85. The molecule has 3 aromatic rings. The second kappa shape index (κ2) is 14.5. The Morgan fingerprint density at radius 2 is 1.53 bits per heavy atom. The SMILES string of the molecule is CC(=O)C(C)NC(=O)c1ccc(CNS(=O)c2ccc(Cl)cc2)cc1.CCCc1ccccc1. The molecule has 2 atom stereocenters. The van der Waals surface area contributed by atoms with Gasteiger partial charge in [0.15, 0.2) is 5.78 Å². The van der Waals surface area contributed by atoms with Gasteiger partial charge < -0.3 is 5.32 Å². The van der Waals surface area contributed by atoms with Crippen LogP contribution in [-0.2, 0) is 28.7 Å². The Hall–Kier alpha value is -2.80. The van der Waals surface area contributed by atoms with Crippen LogP contribution in [0.5, 0.6) is 0 Å². The summed E-state index contributed by atoms with van der Waals surface area (Å²) in [6.45, 7) is 5.67. The maximum atomic E-state index is 12.2. The lowest BCUT2D eigenvalue weighted by molar-refractivity contribution is -0.118. The summed E-state index contributed by atoms with van der Waals surface area (Å²) in [6, 6.07) is 23.7. The van der Waals surface area contributed by atoms with E-state index in [1.165, 1.54) is 25.3 Å². The average Bonchev–Trinajstić information content (AvgIpc) is 2.84. The summed E-state index contributed by atoms with van der Waals surface area (Å²) in [5.41, 5.74) is 2.80. The van der Waals surface area contributed by atoms with Gasteiger partial charge in [0, 0.05) is 17.1 Å². The van der Waals surface area contributed by atoms with Gasteiger partial charge in [-0.15, -0.1) is 0 Å². The van der Waals surface area contributed by atoms with Gasteiger partial charge in [0.05, 0.1) is 10.9 Å². The minimum atomic E-state index is -1.34. The summed E-state index contributed by atoms with van der Waals surface area (Å²) in [6.07, 6.45) is 2.45. The molecule has 0 spiro atoms. The van der Waals surface area contributed by atoms with E-state index < -0.39 is 17.0 Å². The van der Waals surface area contributed by atoms with Crippen LogP contribution in [0.15, 0.2) is 83.8 Å². The fraction of sp³-hybridized carbons (Fsp3) is 0.259. The molecule has 0 aromatic heterocycles. The lowest BCUT2D eigenvalue weighted by atomic mass is 10.1. The Balaban J connectivity index is 0.000000379. The molecular formula is C27H31ClN2O3S. The summed E-state index contributed by atoms with van der Waals surface area (Å²) >= 11 is 5.81. The zero-order valence-electron chi connectivity index (χ0n) is 19.7. The lowest BCUT2D eigenvalue weighted by Crippen LogP contribution is -2.37. The number of carbonyl (C=O) groups is 2. The van der Waals surface area contributed by atoms with Crippen molar-refractivity contribution in [2.45, 2.75) is 51.1 Å². The molecule has 3 aromatic carbocycles. The van der Waals surface area contributed by atoms with E-state index >= 15 is 0 Å². The highest BCUT2D eigenvalue weighted by molar-refractivity contribution is 7.83. The van der Waals surface area contributed by atoms with Gasteiger partial charge in [-0.25, -0.2) is 8.93 Å². The van der Waals surface area contributed by atoms with E-state index in [1.54, 1.807) is 55.5 Å². The number of aryl methyl sites for hydroxylation is 1. The number of benzene rings is 3. The van der Waals surface area contributed by atoms with Gasteiger partial charge in [-0.05, 0) is 67.8 Å². The number of hydrogen-bond donors (Lipinski definition) is 2. The first-order chi connectivity index (χ1) is 16.3. The second-order valence-corrected chi connectivity index (χ2v) is 9.52. The second-order valence-electron chi connectivity index (χ2n) is 7.78. The third-order valence-electron chi connectivity index (χ3n) is 4.99. The van der Waals surface area contributed by atoms with E-state index in [0.717, 1.165) is 5.56 Å². The zero-order valence-corrected chi connectivity index (χ0v) is 21.3. The van der Waals surface area contributed by atoms with Gasteiger partial charge in [-0.3, -0.25) is 9.59 Å². The molecule has 34 heavy (non-hydrogen) atoms. The highest BCUT2D eigenvalue weighted by Gasteiger charge is 2.13. The predicted octanol–water partition coefficient (Wildman–Crippen LogP) is 5.50. The topological polar surface area (TPSA) is 75.3 Å². The monoisotopic (exact) mass is 498 g/mol. The molecule has 1 amide bonds. The van der Waals surface area contributed by atoms with Gasteiger partial charge in [0.2, 0.25) is 0 Å². The minimum absolute atomic E-state index is 0.0983. The normalized spacial score (nSPS) is 12.1. The van der Waals surface area contributed by atoms with Crippen molar-refractivity contribution in [3.8, 4) is 0 Å². The van der Waals surface area contributed by atoms with Gasteiger partial charge in [0.1, 0.15) is 11.0 Å². The predicted molar refractivity (Wildman–Crippen MR) is 139 cm³/mol. The van der Waals surface area contributed by atoms with E-state index in [-0.39, 0.29) is 11.7 Å². The number of carbonyl (C=O) groups excluding carboxylic acids is 2. The number of Topliss-reactive ketones (excluding diaryl/α,β-unsaturated/α-hetero) is 1. The van der Waals surface area contributed by atoms with Crippen LogP contribution in [0.25, 0.3) is 0 Å². The van der Waals surface area contributed by atoms with E-state index in [0.29, 0.717) is 22.0 Å². The van der Waals surface area contributed by atoms with Gasteiger partial charge >= 0.3 is 0 Å². The molecule has 0 saturated heterocycles. The average molecular weight is 499 g/mol. The maximum Gasteiger partial charge on any atom is 0.251 e. The van der Waals surface area contributed by atoms with Crippen LogP contribution in [0.1, 0.15) is 48.7 Å². The van der Waals surface area contributed by atoms with Crippen molar-refractivity contribution in [1.29, 1.82) is 0 Å². The molecule has 3 rings (SSSR count). The molecule has 0 bridgehead atoms. The molecule has 0 aliphatic heterocycles. The summed E-state index contributed by atoms with van der Waals surface area (Å²) < 4.78 is 15.1. The minimum Gasteiger partial charge on any atom is -0.343 e. The number of nitrogens with one attached hydrogen (secondary N) is 2. The zero-order chi connectivity index (χ0) is 24.9. The van der Waals surface area contributed by atoms with Crippen LogP contribution in [0.2, 0.25) is 5.02 Å². The Kier molecular flexibility index (Phi) is 11.7. The van der Waals surface area contributed by atoms with E-state index in [9.17, 15) is 13.8 Å². The maximum absolute atomic E-state index is 12.2. The molecule has 0 saturated carbocycles. The van der Waals surface area contributed by atoms with Crippen molar-refractivity contribution in [1.82, 2.24) is 10.0 Å². The quantitative estimate of drug-likeness (QED) is 0.409. The van der Waals surface area contributed by atoms with E-state index in [2.05, 4.69) is 47.3 Å². The van der Waals surface area contributed by atoms with Crippen molar-refractivity contribution in [3.63, 3.8) is 0 Å². The van der Waals surface area contributed by atoms with Crippen molar-refractivity contribution in [3.05, 3.63) is 101 Å². The Morgan fingerprint density at radius 3 is 2.09 bits per heavy atom. The van der Waals surface area contributed by atoms with Crippen LogP contribution in [-0.4, -0.2) is 21.9 Å². The van der Waals surface area contributed by atoms with Crippen LogP contribution < -0.4 is 10.0 Å². The first-order valence-electron chi connectivity index (χ1n) is 11.1. The van der Waals surface area contributed by atoms with Crippen molar-refractivity contribution in [2.24, 2.45) is 0 Å². The first kappa shape index (κ1) is 27.4. The van der Waals surface area contributed by atoms with Crippen LogP contribution >= 0.6 is 11.6 Å². The van der Waals surface area contributed by atoms with E-state index in [4.69, 9.17) is 11.6 Å². The number of hydrogen-bond acceptors (Lipinski definition) is 3. The van der Waals surface area contributed by atoms with Crippen molar-refractivity contribution >= 4 is 34.3 Å². The molecule has 180 valence electrons. The van der Waals surface area contributed by atoms with Crippen LogP contribution in [0.4, 0.5) is 0 Å². The number of halogens is 1. The smallest absolute Gasteiger partial charge is 0.251 e. The summed E-state index contributed by atoms with van der Waals surface area (Å²) in [4.78, 5) is 23.8. The number of amides is 1. The Bertz CT molecular complexity index is 1070. The summed E-state index contributed by atoms with van der Waals surface area (Å²) in [5.74, 6) is -0.397.